The Morgan fingerprint density at radius 2 is 2.60 bits per heavy atom. The number of anilines is 1. The van der Waals surface area contributed by atoms with Gasteiger partial charge in [-0.1, -0.05) is 0 Å². The normalized spacial score (nSPS) is 22.7. The van der Waals surface area contributed by atoms with E-state index in [0.29, 0.717) is 12.7 Å². The first-order chi connectivity index (χ1) is 7.27. The lowest BCUT2D eigenvalue weighted by molar-refractivity contribution is 0.252. The minimum atomic E-state index is -0.425. The van der Waals surface area contributed by atoms with Crippen LogP contribution in [-0.4, -0.2) is 23.4 Å². The average molecular weight is 222 g/mol. The van der Waals surface area contributed by atoms with Crippen LogP contribution in [0.25, 0.3) is 0 Å². The lowest BCUT2D eigenvalue weighted by Gasteiger charge is -2.31. The fraction of sp³-hybridized carbons (Fsp3) is 0.333. The molecule has 2 aliphatic heterocycles. The minimum absolute atomic E-state index is 0.310. The Labute approximate surface area is 91.0 Å². The van der Waals surface area contributed by atoms with Crippen molar-refractivity contribution in [1.29, 1.82) is 0 Å². The molecular formula is C9H10N4OS. The van der Waals surface area contributed by atoms with Gasteiger partial charge in [-0.15, -0.1) is 11.8 Å². The summed E-state index contributed by atoms with van der Waals surface area (Å²) in [5.41, 5.74) is 7.34. The van der Waals surface area contributed by atoms with Crippen LogP contribution in [0.5, 0.6) is 0 Å². The van der Waals surface area contributed by atoms with E-state index in [4.69, 9.17) is 5.73 Å². The summed E-state index contributed by atoms with van der Waals surface area (Å²) in [6.45, 7) is 0.483. The molecule has 0 spiro atoms. The van der Waals surface area contributed by atoms with Gasteiger partial charge in [-0.3, -0.25) is 10.2 Å². The Hall–Kier alpha value is -1.27. The number of thioether (sulfide) groups is 1. The summed E-state index contributed by atoms with van der Waals surface area (Å²) in [5, 5.41) is 4.28. The summed E-state index contributed by atoms with van der Waals surface area (Å²) >= 11 is 1.72. The van der Waals surface area contributed by atoms with Crippen LogP contribution in [0.15, 0.2) is 17.3 Å². The van der Waals surface area contributed by atoms with Gasteiger partial charge in [0.15, 0.2) is 0 Å². The van der Waals surface area contributed by atoms with E-state index >= 15 is 0 Å². The number of urea groups is 1. The van der Waals surface area contributed by atoms with E-state index in [1.165, 1.54) is 0 Å². The van der Waals surface area contributed by atoms with Crippen molar-refractivity contribution in [3.05, 3.63) is 17.8 Å². The molecule has 1 atom stereocenters. The summed E-state index contributed by atoms with van der Waals surface area (Å²) in [7, 11) is 0. The molecule has 0 bridgehead atoms. The zero-order valence-corrected chi connectivity index (χ0v) is 8.75. The number of amides is 2. The molecular weight excluding hydrogens is 212 g/mol. The molecule has 0 saturated heterocycles. The zero-order valence-electron chi connectivity index (χ0n) is 7.93. The van der Waals surface area contributed by atoms with Gasteiger partial charge in [-0.25, -0.2) is 9.78 Å². The van der Waals surface area contributed by atoms with Crippen molar-refractivity contribution < 1.29 is 4.79 Å². The second-order valence-electron chi connectivity index (χ2n) is 3.54. The molecule has 0 saturated carbocycles. The molecule has 5 nitrogen and oxygen atoms in total. The van der Waals surface area contributed by atoms with Gasteiger partial charge in [-0.05, 0) is 6.07 Å². The number of carbonyl (C=O) groups excluding carboxylic acids is 1. The third kappa shape index (κ3) is 1.22. The molecule has 1 aromatic heterocycles. The monoisotopic (exact) mass is 222 g/mol. The maximum Gasteiger partial charge on any atom is 0.320 e. The summed E-state index contributed by atoms with van der Waals surface area (Å²) in [5.74, 6) is 0.978. The second-order valence-corrected chi connectivity index (χ2v) is 4.55. The Bertz CT molecular complexity index is 436. The molecule has 6 heteroatoms. The number of nitrogens with one attached hydrogen (secondary N) is 1. The third-order valence-corrected chi connectivity index (χ3v) is 3.82. The van der Waals surface area contributed by atoms with Gasteiger partial charge in [0, 0.05) is 23.6 Å². The Balaban J connectivity index is 2.16. The Morgan fingerprint density at radius 1 is 1.73 bits per heavy atom. The van der Waals surface area contributed by atoms with Crippen molar-refractivity contribution >= 4 is 23.5 Å². The number of primary amides is 1. The molecule has 0 aliphatic carbocycles. The molecule has 3 rings (SSSR count). The van der Waals surface area contributed by atoms with E-state index in [0.717, 1.165) is 22.0 Å². The number of hydrogen-bond donors (Lipinski definition) is 2. The fourth-order valence-electron chi connectivity index (χ4n) is 2.01. The van der Waals surface area contributed by atoms with Gasteiger partial charge in [-0.2, -0.15) is 0 Å². The quantitative estimate of drug-likeness (QED) is 0.677. The molecule has 78 valence electrons. The highest BCUT2D eigenvalue weighted by atomic mass is 32.2. The van der Waals surface area contributed by atoms with Gasteiger partial charge in [0.05, 0.1) is 12.4 Å². The number of nitrogens with zero attached hydrogens (tertiary/aromatic N) is 2. The minimum Gasteiger partial charge on any atom is -0.351 e. The highest BCUT2D eigenvalue weighted by Gasteiger charge is 2.34. The molecule has 0 radical (unpaired) electrons. The third-order valence-electron chi connectivity index (χ3n) is 2.72. The zero-order chi connectivity index (χ0) is 10.4. The average Bonchev–Trinajstić information content (AvgIpc) is 2.64. The van der Waals surface area contributed by atoms with E-state index in [9.17, 15) is 4.79 Å². The van der Waals surface area contributed by atoms with Crippen LogP contribution in [-0.2, 0) is 0 Å². The van der Waals surface area contributed by atoms with Gasteiger partial charge < -0.3 is 5.73 Å². The van der Waals surface area contributed by atoms with Crippen LogP contribution in [0.3, 0.4) is 0 Å². The number of hydrogen-bond acceptors (Lipinski definition) is 4. The van der Waals surface area contributed by atoms with Crippen molar-refractivity contribution in [3.8, 4) is 0 Å². The molecule has 15 heavy (non-hydrogen) atoms. The van der Waals surface area contributed by atoms with Gasteiger partial charge in [0.2, 0.25) is 0 Å². The van der Waals surface area contributed by atoms with E-state index < -0.39 is 6.03 Å². The molecule has 1 aromatic rings. The molecule has 3 heterocycles. The maximum atomic E-state index is 11.2. The highest BCUT2D eigenvalue weighted by molar-refractivity contribution is 7.99. The predicted molar refractivity (Wildman–Crippen MR) is 57.8 cm³/mol. The smallest absolute Gasteiger partial charge is 0.320 e. The molecule has 0 fully saturated rings. The first kappa shape index (κ1) is 8.99. The van der Waals surface area contributed by atoms with Crippen molar-refractivity contribution in [3.63, 3.8) is 0 Å². The fourth-order valence-corrected chi connectivity index (χ4v) is 3.16. The van der Waals surface area contributed by atoms with E-state index in [1.807, 2.05) is 6.07 Å². The summed E-state index contributed by atoms with van der Waals surface area (Å²) in [6, 6.07) is 1.74. The first-order valence-corrected chi connectivity index (χ1v) is 5.68. The molecule has 2 amide bonds. The van der Waals surface area contributed by atoms with Crippen molar-refractivity contribution in [1.82, 2.24) is 10.3 Å². The maximum absolute atomic E-state index is 11.2. The number of nitrogens with two attached hydrogens (primary N) is 1. The van der Waals surface area contributed by atoms with Crippen LogP contribution in [0.2, 0.25) is 0 Å². The van der Waals surface area contributed by atoms with Crippen LogP contribution < -0.4 is 16.0 Å². The largest absolute Gasteiger partial charge is 0.351 e. The van der Waals surface area contributed by atoms with E-state index in [1.54, 1.807) is 22.9 Å². The van der Waals surface area contributed by atoms with Crippen LogP contribution in [0.1, 0.15) is 11.6 Å². The Kier molecular flexibility index (Phi) is 1.86. The van der Waals surface area contributed by atoms with Gasteiger partial charge in [0.1, 0.15) is 5.03 Å². The Morgan fingerprint density at radius 3 is 3.40 bits per heavy atom. The van der Waals surface area contributed by atoms with E-state index in [2.05, 4.69) is 10.3 Å². The van der Waals surface area contributed by atoms with Crippen molar-refractivity contribution in [2.24, 2.45) is 5.73 Å². The van der Waals surface area contributed by atoms with Crippen molar-refractivity contribution in [2.75, 3.05) is 17.3 Å². The molecule has 2 aliphatic rings. The van der Waals surface area contributed by atoms with E-state index in [-0.39, 0.29) is 0 Å². The van der Waals surface area contributed by atoms with Gasteiger partial charge >= 0.3 is 6.03 Å². The molecule has 0 aromatic carbocycles. The van der Waals surface area contributed by atoms with Crippen LogP contribution in [0, 0.1) is 0 Å². The highest BCUT2D eigenvalue weighted by Crippen LogP contribution is 2.43. The summed E-state index contributed by atoms with van der Waals surface area (Å²) in [6.07, 6.45) is 1.73. The van der Waals surface area contributed by atoms with Crippen LogP contribution >= 0.6 is 11.8 Å². The molecule has 1 unspecified atom stereocenters. The molecule has 3 N–H and O–H groups in total. The number of pyridine rings is 1. The lowest BCUT2D eigenvalue weighted by Crippen LogP contribution is -2.47. The predicted octanol–water partition coefficient (Wildman–Crippen LogP) is 0.674. The first-order valence-electron chi connectivity index (χ1n) is 4.69. The SMILES string of the molecule is NC(=O)N1CNC2CSc3nccc1c32. The lowest BCUT2D eigenvalue weighted by atomic mass is 10.1. The number of carbonyl (C=O) groups is 1. The van der Waals surface area contributed by atoms with Crippen molar-refractivity contribution in [2.45, 2.75) is 11.1 Å². The summed E-state index contributed by atoms with van der Waals surface area (Å²) in [4.78, 5) is 17.1. The topological polar surface area (TPSA) is 71.2 Å². The summed E-state index contributed by atoms with van der Waals surface area (Å²) < 4.78 is 0. The number of aromatic nitrogens is 1. The second kappa shape index (κ2) is 3.11. The van der Waals surface area contributed by atoms with Crippen LogP contribution in [0.4, 0.5) is 10.5 Å². The van der Waals surface area contributed by atoms with Gasteiger partial charge in [0.25, 0.3) is 0 Å². The standard InChI is InChI=1S/C9H10N4OS/c10-9(14)13-4-12-5-3-15-8-7(5)6(13)1-2-11-8/h1-2,5,12H,3-4H2,(H2,10,14). The number of rotatable bonds is 0.